The summed E-state index contributed by atoms with van der Waals surface area (Å²) in [5.74, 6) is -2.69. The Morgan fingerprint density at radius 1 is 1.06 bits per heavy atom. The molecule has 0 saturated carbocycles. The molecule has 1 saturated heterocycles. The van der Waals surface area contributed by atoms with Crippen molar-refractivity contribution in [1.82, 2.24) is 0 Å². The molecule has 0 aliphatic carbocycles. The summed E-state index contributed by atoms with van der Waals surface area (Å²) in [7, 11) is 0. The lowest BCUT2D eigenvalue weighted by Gasteiger charge is -2.17. The first-order chi connectivity index (χ1) is 15.7. The van der Waals surface area contributed by atoms with Crippen molar-refractivity contribution in [3.63, 3.8) is 0 Å². The Morgan fingerprint density at radius 2 is 1.67 bits per heavy atom. The van der Waals surface area contributed by atoms with Crippen LogP contribution in [0.15, 0.2) is 48.5 Å². The third kappa shape index (κ3) is 5.79. The van der Waals surface area contributed by atoms with E-state index in [0.717, 1.165) is 0 Å². The van der Waals surface area contributed by atoms with Gasteiger partial charge < -0.3 is 14.4 Å². The van der Waals surface area contributed by atoms with Gasteiger partial charge in [-0.15, -0.1) is 0 Å². The van der Waals surface area contributed by atoms with E-state index in [2.05, 4.69) is 0 Å². The molecule has 0 bridgehead atoms. The zero-order valence-corrected chi connectivity index (χ0v) is 18.1. The molecule has 0 radical (unpaired) electrons. The predicted octanol–water partition coefficient (Wildman–Crippen LogP) is 2.94. The molecule has 172 valence electrons. The van der Waals surface area contributed by atoms with Gasteiger partial charge in [0.1, 0.15) is 0 Å². The van der Waals surface area contributed by atoms with Gasteiger partial charge in [0.2, 0.25) is 5.91 Å². The van der Waals surface area contributed by atoms with Crippen LogP contribution < -0.4 is 4.90 Å². The van der Waals surface area contributed by atoms with Crippen molar-refractivity contribution in [3.8, 4) is 0 Å². The average Bonchev–Trinajstić information content (AvgIpc) is 3.18. The van der Waals surface area contributed by atoms with E-state index in [0.29, 0.717) is 11.3 Å². The zero-order valence-electron chi connectivity index (χ0n) is 18.1. The van der Waals surface area contributed by atoms with Gasteiger partial charge in [0.25, 0.3) is 5.69 Å². The molecule has 2 aromatic carbocycles. The number of nitrogens with zero attached hydrogens (tertiary/aromatic N) is 2. The summed E-state index contributed by atoms with van der Waals surface area (Å²) < 4.78 is 10.2. The number of ether oxygens (including phenoxy) is 2. The number of rotatable bonds is 8. The first kappa shape index (κ1) is 23.6. The number of ketones is 1. The fourth-order valence-corrected chi connectivity index (χ4v) is 3.28. The van der Waals surface area contributed by atoms with Gasteiger partial charge in [0.15, 0.2) is 12.4 Å². The van der Waals surface area contributed by atoms with Crippen LogP contribution in [-0.4, -0.2) is 47.8 Å². The molecule has 33 heavy (non-hydrogen) atoms. The Labute approximate surface area is 189 Å². The van der Waals surface area contributed by atoms with Gasteiger partial charge in [-0.2, -0.15) is 0 Å². The van der Waals surface area contributed by atoms with Gasteiger partial charge in [-0.25, -0.2) is 4.79 Å². The number of amides is 1. The second-order valence-electron chi connectivity index (χ2n) is 7.74. The van der Waals surface area contributed by atoms with Crippen LogP contribution in [0.5, 0.6) is 0 Å². The highest BCUT2D eigenvalue weighted by atomic mass is 16.6. The molecule has 0 N–H and O–H groups in total. The fraction of sp³-hybridized carbons (Fsp3) is 0.304. The Morgan fingerprint density at radius 3 is 2.24 bits per heavy atom. The van der Waals surface area contributed by atoms with Crippen molar-refractivity contribution in [2.45, 2.75) is 26.4 Å². The molecule has 1 unspecified atom stereocenters. The largest absolute Gasteiger partial charge is 0.459 e. The average molecular weight is 454 g/mol. The summed E-state index contributed by atoms with van der Waals surface area (Å²) in [6, 6.07) is 11.2. The number of non-ortho nitro benzene ring substituents is 1. The lowest BCUT2D eigenvalue weighted by Crippen LogP contribution is -2.27. The molecule has 1 aliphatic heterocycles. The van der Waals surface area contributed by atoms with Crippen LogP contribution in [0.2, 0.25) is 0 Å². The normalized spacial score (nSPS) is 15.4. The maximum absolute atomic E-state index is 12.4. The molecular weight excluding hydrogens is 432 g/mol. The van der Waals surface area contributed by atoms with Crippen molar-refractivity contribution in [2.24, 2.45) is 5.92 Å². The third-order valence-corrected chi connectivity index (χ3v) is 4.96. The van der Waals surface area contributed by atoms with Crippen molar-refractivity contribution < 1.29 is 33.6 Å². The number of benzene rings is 2. The highest BCUT2D eigenvalue weighted by Gasteiger charge is 2.36. The van der Waals surface area contributed by atoms with Gasteiger partial charge in [0.05, 0.1) is 22.5 Å². The van der Waals surface area contributed by atoms with Gasteiger partial charge >= 0.3 is 11.9 Å². The van der Waals surface area contributed by atoms with Gasteiger partial charge in [0, 0.05) is 36.3 Å². The summed E-state index contributed by atoms with van der Waals surface area (Å²) in [6.07, 6.45) is -0.321. The third-order valence-electron chi connectivity index (χ3n) is 4.96. The maximum Gasteiger partial charge on any atom is 0.338 e. The van der Waals surface area contributed by atoms with E-state index in [9.17, 15) is 29.3 Å². The second-order valence-corrected chi connectivity index (χ2v) is 7.74. The van der Waals surface area contributed by atoms with Gasteiger partial charge in [-0.1, -0.05) is 0 Å². The fourth-order valence-electron chi connectivity index (χ4n) is 3.28. The molecule has 3 rings (SSSR count). The molecule has 1 atom stereocenters. The summed E-state index contributed by atoms with van der Waals surface area (Å²) >= 11 is 0. The van der Waals surface area contributed by atoms with E-state index in [1.807, 2.05) is 0 Å². The maximum atomic E-state index is 12.4. The minimum atomic E-state index is -0.743. The topological polar surface area (TPSA) is 133 Å². The molecule has 10 nitrogen and oxygen atoms in total. The first-order valence-corrected chi connectivity index (χ1v) is 10.2. The Bertz CT molecular complexity index is 1080. The summed E-state index contributed by atoms with van der Waals surface area (Å²) in [5.41, 5.74) is 0.893. The lowest BCUT2D eigenvalue weighted by atomic mass is 10.1. The summed E-state index contributed by atoms with van der Waals surface area (Å²) in [6.45, 7) is 3.04. The summed E-state index contributed by atoms with van der Waals surface area (Å²) in [5, 5.41) is 10.7. The van der Waals surface area contributed by atoms with Crippen LogP contribution in [0, 0.1) is 16.0 Å². The van der Waals surface area contributed by atoms with Crippen molar-refractivity contribution >= 4 is 35.0 Å². The minimum absolute atomic E-state index is 0.0678. The molecule has 1 fully saturated rings. The van der Waals surface area contributed by atoms with Crippen LogP contribution in [-0.2, 0) is 19.1 Å². The number of esters is 2. The molecule has 1 aliphatic rings. The van der Waals surface area contributed by atoms with Gasteiger partial charge in [-0.05, 0) is 50.2 Å². The number of nitro groups is 1. The lowest BCUT2D eigenvalue weighted by molar-refractivity contribution is -0.384. The van der Waals surface area contributed by atoms with Crippen molar-refractivity contribution in [3.05, 3.63) is 69.8 Å². The highest BCUT2D eigenvalue weighted by Crippen LogP contribution is 2.26. The smallest absolute Gasteiger partial charge is 0.338 e. The molecule has 0 aromatic heterocycles. The van der Waals surface area contributed by atoms with E-state index in [4.69, 9.17) is 9.47 Å². The van der Waals surface area contributed by atoms with Crippen LogP contribution in [0.4, 0.5) is 11.4 Å². The van der Waals surface area contributed by atoms with Gasteiger partial charge in [-0.3, -0.25) is 24.5 Å². The summed E-state index contributed by atoms with van der Waals surface area (Å²) in [4.78, 5) is 60.4. The predicted molar refractivity (Wildman–Crippen MR) is 116 cm³/mol. The second kappa shape index (κ2) is 10.0. The number of hydrogen-bond donors (Lipinski definition) is 0. The Kier molecular flexibility index (Phi) is 7.17. The first-order valence-electron chi connectivity index (χ1n) is 10.2. The number of Topliss-reactive ketones (excluding diaryl/α,β-unsaturated/α-hetero) is 1. The highest BCUT2D eigenvalue weighted by molar-refractivity contribution is 6.01. The Hall–Kier alpha value is -4.08. The Balaban J connectivity index is 1.56. The van der Waals surface area contributed by atoms with Crippen molar-refractivity contribution in [2.75, 3.05) is 18.1 Å². The van der Waals surface area contributed by atoms with E-state index >= 15 is 0 Å². The number of hydrogen-bond acceptors (Lipinski definition) is 8. The van der Waals surface area contributed by atoms with Crippen LogP contribution in [0.25, 0.3) is 0 Å². The monoisotopic (exact) mass is 454 g/mol. The van der Waals surface area contributed by atoms with E-state index in [-0.39, 0.29) is 36.2 Å². The minimum Gasteiger partial charge on any atom is -0.459 e. The van der Waals surface area contributed by atoms with Crippen LogP contribution in [0.1, 0.15) is 41.0 Å². The zero-order chi connectivity index (χ0) is 24.1. The quantitative estimate of drug-likeness (QED) is 0.257. The standard InChI is InChI=1S/C23H22N2O8/c1-14(2)33-23(29)16-5-7-18(8-6-16)24-12-17(11-21(24)27)22(28)32-13-20(26)15-3-9-19(10-4-15)25(30)31/h3-10,14,17H,11-13H2,1-2H3. The SMILES string of the molecule is CC(C)OC(=O)c1ccc(N2CC(C(=O)OCC(=O)c3ccc([N+](=O)[O-])cc3)CC2=O)cc1. The number of carbonyl (C=O) groups is 4. The molecule has 0 spiro atoms. The van der Waals surface area contributed by atoms with Crippen LogP contribution in [0.3, 0.4) is 0 Å². The van der Waals surface area contributed by atoms with E-state index in [1.54, 1.807) is 38.1 Å². The molecule has 1 amide bonds. The molecule has 2 aromatic rings. The van der Waals surface area contributed by atoms with Crippen molar-refractivity contribution in [1.29, 1.82) is 0 Å². The van der Waals surface area contributed by atoms with E-state index in [1.165, 1.54) is 29.2 Å². The number of carbonyl (C=O) groups excluding carboxylic acids is 4. The molecule has 1 heterocycles. The van der Waals surface area contributed by atoms with Crippen LogP contribution >= 0.6 is 0 Å². The molecule has 10 heteroatoms. The van der Waals surface area contributed by atoms with E-state index < -0.39 is 35.2 Å². The molecular formula is C23H22N2O8. The number of nitro benzene ring substituents is 1. The number of anilines is 1.